The topological polar surface area (TPSA) is 24.5 Å². The number of piperidine rings is 2. The van der Waals surface area contributed by atoms with E-state index in [9.17, 15) is 0 Å². The molecule has 3 heteroatoms. The van der Waals surface area contributed by atoms with Crippen molar-refractivity contribution >= 4 is 0 Å². The van der Waals surface area contributed by atoms with Gasteiger partial charge in [0.1, 0.15) is 0 Å². The molecule has 2 heterocycles. The Balaban J connectivity index is 1.89. The predicted octanol–water partition coefficient (Wildman–Crippen LogP) is 1.88. The fraction of sp³-hybridized carbons (Fsp3) is 1.00. The highest BCUT2D eigenvalue weighted by molar-refractivity contribution is 4.89. The van der Waals surface area contributed by atoms with Crippen molar-refractivity contribution in [3.05, 3.63) is 0 Å². The smallest absolute Gasteiger partial charge is 0.0777 e. The number of likely N-dealkylation sites (tertiary alicyclic amines) is 1. The highest BCUT2D eigenvalue weighted by Crippen LogP contribution is 2.32. The van der Waals surface area contributed by atoms with Gasteiger partial charge in [-0.05, 0) is 57.7 Å². The lowest BCUT2D eigenvalue weighted by molar-refractivity contribution is -0.0601. The van der Waals surface area contributed by atoms with Gasteiger partial charge in [0.25, 0.3) is 0 Å². The largest absolute Gasteiger partial charge is 0.377 e. The van der Waals surface area contributed by atoms with E-state index in [0.717, 1.165) is 6.54 Å². The molecular formula is C14H28N2O. The van der Waals surface area contributed by atoms with Crippen molar-refractivity contribution in [2.24, 2.45) is 5.41 Å². The van der Waals surface area contributed by atoms with Crippen LogP contribution in [0.5, 0.6) is 0 Å². The van der Waals surface area contributed by atoms with Gasteiger partial charge in [-0.3, -0.25) is 4.90 Å². The Bertz CT molecular complexity index is 251. The summed E-state index contributed by atoms with van der Waals surface area (Å²) in [5, 5.41) is 3.46. The van der Waals surface area contributed by atoms with Crippen LogP contribution >= 0.6 is 0 Å². The first-order valence-corrected chi connectivity index (χ1v) is 7.04. The second-order valence-electron chi connectivity index (χ2n) is 6.53. The minimum absolute atomic E-state index is 0.0848. The normalized spacial score (nSPS) is 34.8. The number of hydrogen-bond donors (Lipinski definition) is 1. The van der Waals surface area contributed by atoms with Crippen molar-refractivity contribution in [1.29, 1.82) is 0 Å². The second-order valence-corrected chi connectivity index (χ2v) is 6.53. The van der Waals surface area contributed by atoms with Gasteiger partial charge >= 0.3 is 0 Å². The summed E-state index contributed by atoms with van der Waals surface area (Å²) in [6.45, 7) is 10.7. The average molecular weight is 240 g/mol. The monoisotopic (exact) mass is 240 g/mol. The lowest BCUT2D eigenvalue weighted by Crippen LogP contribution is -2.51. The molecule has 0 aliphatic carbocycles. The first kappa shape index (κ1) is 13.3. The third kappa shape index (κ3) is 3.43. The average Bonchev–Trinajstić information content (AvgIpc) is 2.29. The maximum absolute atomic E-state index is 5.68. The number of methoxy groups -OCH3 is 1. The number of nitrogens with zero attached hydrogens (tertiary/aromatic N) is 1. The van der Waals surface area contributed by atoms with Crippen LogP contribution < -0.4 is 5.32 Å². The Morgan fingerprint density at radius 3 is 2.53 bits per heavy atom. The maximum atomic E-state index is 5.68. The first-order chi connectivity index (χ1) is 8.05. The Kier molecular flexibility index (Phi) is 4.11. The standard InChI is InChI=1S/C14H28N2O/c1-13(6-8-15-9-7-13)11-16-10-4-5-14(2,12-16)17-3/h15H,4-12H2,1-3H3. The molecule has 2 rings (SSSR count). The van der Waals surface area contributed by atoms with E-state index in [0.29, 0.717) is 5.41 Å². The van der Waals surface area contributed by atoms with Crippen molar-refractivity contribution in [2.45, 2.75) is 45.1 Å². The third-order valence-electron chi connectivity index (χ3n) is 4.65. The third-order valence-corrected chi connectivity index (χ3v) is 4.65. The molecule has 1 unspecified atom stereocenters. The number of rotatable bonds is 3. The molecule has 100 valence electrons. The Hall–Kier alpha value is -0.120. The zero-order valence-electron chi connectivity index (χ0n) is 11.7. The van der Waals surface area contributed by atoms with E-state index in [1.165, 1.54) is 51.9 Å². The number of hydrogen-bond acceptors (Lipinski definition) is 3. The zero-order chi connectivity index (χ0) is 12.4. The van der Waals surface area contributed by atoms with Crippen LogP contribution in [0.25, 0.3) is 0 Å². The fourth-order valence-electron chi connectivity index (χ4n) is 3.34. The van der Waals surface area contributed by atoms with Crippen molar-refractivity contribution in [3.63, 3.8) is 0 Å². The Labute approximate surface area is 106 Å². The van der Waals surface area contributed by atoms with Crippen LogP contribution in [-0.2, 0) is 4.74 Å². The molecule has 1 atom stereocenters. The lowest BCUT2D eigenvalue weighted by atomic mass is 9.79. The zero-order valence-corrected chi connectivity index (χ0v) is 11.7. The van der Waals surface area contributed by atoms with Gasteiger partial charge in [0, 0.05) is 20.2 Å². The van der Waals surface area contributed by atoms with Gasteiger partial charge in [-0.1, -0.05) is 6.92 Å². The molecule has 0 aromatic rings. The van der Waals surface area contributed by atoms with Gasteiger partial charge in [0.05, 0.1) is 5.60 Å². The summed E-state index contributed by atoms with van der Waals surface area (Å²) >= 11 is 0. The van der Waals surface area contributed by atoms with Gasteiger partial charge in [0.2, 0.25) is 0 Å². The molecule has 0 saturated carbocycles. The van der Waals surface area contributed by atoms with Crippen molar-refractivity contribution in [3.8, 4) is 0 Å². The summed E-state index contributed by atoms with van der Waals surface area (Å²) in [6.07, 6.45) is 5.11. The second kappa shape index (κ2) is 5.25. The van der Waals surface area contributed by atoms with Crippen LogP contribution in [0.2, 0.25) is 0 Å². The molecule has 0 amide bonds. The van der Waals surface area contributed by atoms with Crippen LogP contribution in [0.1, 0.15) is 39.5 Å². The molecule has 1 N–H and O–H groups in total. The Morgan fingerprint density at radius 1 is 1.18 bits per heavy atom. The van der Waals surface area contributed by atoms with E-state index in [2.05, 4.69) is 24.1 Å². The van der Waals surface area contributed by atoms with E-state index >= 15 is 0 Å². The van der Waals surface area contributed by atoms with Crippen LogP contribution in [0.15, 0.2) is 0 Å². The highest BCUT2D eigenvalue weighted by atomic mass is 16.5. The quantitative estimate of drug-likeness (QED) is 0.815. The summed E-state index contributed by atoms with van der Waals surface area (Å²) in [6, 6.07) is 0. The van der Waals surface area contributed by atoms with E-state index in [1.807, 2.05) is 7.11 Å². The molecule has 0 spiro atoms. The fourth-order valence-corrected chi connectivity index (χ4v) is 3.34. The summed E-state index contributed by atoms with van der Waals surface area (Å²) in [5.74, 6) is 0. The van der Waals surface area contributed by atoms with Crippen LogP contribution in [0.3, 0.4) is 0 Å². The van der Waals surface area contributed by atoms with Crippen LogP contribution in [0.4, 0.5) is 0 Å². The van der Waals surface area contributed by atoms with Crippen molar-refractivity contribution < 1.29 is 4.74 Å². The van der Waals surface area contributed by atoms with Gasteiger partial charge in [-0.15, -0.1) is 0 Å². The van der Waals surface area contributed by atoms with Crippen LogP contribution in [0, 0.1) is 5.41 Å². The summed E-state index contributed by atoms with van der Waals surface area (Å²) in [4.78, 5) is 2.62. The van der Waals surface area contributed by atoms with E-state index < -0.39 is 0 Å². The van der Waals surface area contributed by atoms with E-state index in [-0.39, 0.29) is 5.60 Å². The molecule has 2 fully saturated rings. The van der Waals surface area contributed by atoms with Gasteiger partial charge < -0.3 is 10.1 Å². The molecule has 2 saturated heterocycles. The van der Waals surface area contributed by atoms with Crippen LogP contribution in [-0.4, -0.2) is 50.3 Å². The van der Waals surface area contributed by atoms with Gasteiger partial charge in [0.15, 0.2) is 0 Å². The van der Waals surface area contributed by atoms with Gasteiger partial charge in [-0.2, -0.15) is 0 Å². The molecule has 0 aromatic heterocycles. The highest BCUT2D eigenvalue weighted by Gasteiger charge is 2.35. The van der Waals surface area contributed by atoms with E-state index in [4.69, 9.17) is 4.74 Å². The SMILES string of the molecule is COC1(C)CCCN(CC2(C)CCNCC2)C1. The first-order valence-electron chi connectivity index (χ1n) is 7.04. The molecule has 17 heavy (non-hydrogen) atoms. The molecule has 2 aliphatic rings. The molecule has 0 radical (unpaired) electrons. The summed E-state index contributed by atoms with van der Waals surface area (Å²) in [5.41, 5.74) is 0.596. The number of nitrogens with one attached hydrogen (secondary N) is 1. The molecule has 0 bridgehead atoms. The van der Waals surface area contributed by atoms with E-state index in [1.54, 1.807) is 0 Å². The van der Waals surface area contributed by atoms with Crippen molar-refractivity contribution in [1.82, 2.24) is 10.2 Å². The van der Waals surface area contributed by atoms with Gasteiger partial charge in [-0.25, -0.2) is 0 Å². The molecule has 3 nitrogen and oxygen atoms in total. The molecular weight excluding hydrogens is 212 g/mol. The molecule has 0 aromatic carbocycles. The maximum Gasteiger partial charge on any atom is 0.0777 e. The lowest BCUT2D eigenvalue weighted by Gasteiger charge is -2.44. The summed E-state index contributed by atoms with van der Waals surface area (Å²) < 4.78 is 5.68. The minimum Gasteiger partial charge on any atom is -0.377 e. The molecule has 2 aliphatic heterocycles. The Morgan fingerprint density at radius 2 is 1.88 bits per heavy atom. The van der Waals surface area contributed by atoms with Crippen molar-refractivity contribution in [2.75, 3.05) is 39.8 Å². The summed E-state index contributed by atoms with van der Waals surface area (Å²) in [7, 11) is 1.86. The predicted molar refractivity (Wildman–Crippen MR) is 71.3 cm³/mol. The number of ether oxygens (including phenoxy) is 1. The minimum atomic E-state index is 0.0848.